The number of nitrogens with two attached hydrogens (primary N) is 1. The monoisotopic (exact) mass is 302 g/mol. The molecule has 2 atom stereocenters. The Bertz CT molecular complexity index is 569. The van der Waals surface area contributed by atoms with Gasteiger partial charge >= 0.3 is 0 Å². The van der Waals surface area contributed by atoms with E-state index in [1.54, 1.807) is 11.3 Å². The zero-order valence-electron chi connectivity index (χ0n) is 12.4. The lowest BCUT2D eigenvalue weighted by molar-refractivity contribution is 0.125. The van der Waals surface area contributed by atoms with E-state index in [9.17, 15) is 0 Å². The van der Waals surface area contributed by atoms with Crippen LogP contribution in [0.3, 0.4) is 0 Å². The topological polar surface area (TPSA) is 55.0 Å². The number of piperidine rings is 1. The number of hydrogen-bond acceptors (Lipinski definition) is 5. The fraction of sp³-hybridized carbons (Fsp3) is 0.500. The average Bonchev–Trinajstić information content (AvgIpc) is 2.98. The fourth-order valence-corrected chi connectivity index (χ4v) is 3.68. The Labute approximate surface area is 130 Å². The van der Waals surface area contributed by atoms with E-state index in [0.29, 0.717) is 5.92 Å². The first-order chi connectivity index (χ1) is 10.3. The van der Waals surface area contributed by atoms with Crippen LogP contribution in [0.2, 0.25) is 0 Å². The van der Waals surface area contributed by atoms with Crippen LogP contribution in [0.25, 0.3) is 10.7 Å². The van der Waals surface area contributed by atoms with Gasteiger partial charge in [0.2, 0.25) is 0 Å². The minimum absolute atomic E-state index is 0.618. The highest BCUT2D eigenvalue weighted by Crippen LogP contribution is 2.25. The summed E-state index contributed by atoms with van der Waals surface area (Å²) in [6.07, 6.45) is 3.05. The van der Waals surface area contributed by atoms with Gasteiger partial charge in [0.1, 0.15) is 5.01 Å². The van der Waals surface area contributed by atoms with Gasteiger partial charge in [-0.1, -0.05) is 13.0 Å². The van der Waals surface area contributed by atoms with Crippen molar-refractivity contribution < 1.29 is 0 Å². The van der Waals surface area contributed by atoms with Gasteiger partial charge in [0.15, 0.2) is 0 Å². The van der Waals surface area contributed by atoms with Crippen molar-refractivity contribution in [2.45, 2.75) is 19.9 Å². The molecular formula is C16H22N4S. The van der Waals surface area contributed by atoms with E-state index in [2.05, 4.69) is 22.2 Å². The molecule has 4 nitrogen and oxygen atoms in total. The van der Waals surface area contributed by atoms with Crippen molar-refractivity contribution in [2.75, 3.05) is 19.6 Å². The molecule has 0 aromatic carbocycles. The summed E-state index contributed by atoms with van der Waals surface area (Å²) >= 11 is 1.67. The molecule has 112 valence electrons. The van der Waals surface area contributed by atoms with E-state index >= 15 is 0 Å². The third-order valence-electron chi connectivity index (χ3n) is 4.32. The van der Waals surface area contributed by atoms with Gasteiger partial charge < -0.3 is 5.73 Å². The normalized spacial score (nSPS) is 23.3. The van der Waals surface area contributed by atoms with E-state index in [1.165, 1.54) is 6.42 Å². The number of thiazole rings is 1. The third-order valence-corrected chi connectivity index (χ3v) is 5.24. The van der Waals surface area contributed by atoms with Gasteiger partial charge in [0.05, 0.1) is 11.4 Å². The quantitative estimate of drug-likeness (QED) is 0.943. The maximum atomic E-state index is 5.88. The molecule has 0 radical (unpaired) electrons. The highest BCUT2D eigenvalue weighted by atomic mass is 32.1. The van der Waals surface area contributed by atoms with E-state index in [4.69, 9.17) is 10.7 Å². The SMILES string of the molecule is CC1CCN(Cc2csc(-c3ccccn3)n2)CC1CN. The molecule has 1 saturated heterocycles. The van der Waals surface area contributed by atoms with Gasteiger partial charge in [0, 0.05) is 24.7 Å². The van der Waals surface area contributed by atoms with Gasteiger partial charge in [-0.15, -0.1) is 11.3 Å². The Morgan fingerprint density at radius 3 is 3.10 bits per heavy atom. The van der Waals surface area contributed by atoms with Crippen molar-refractivity contribution in [2.24, 2.45) is 17.6 Å². The minimum Gasteiger partial charge on any atom is -0.330 e. The zero-order chi connectivity index (χ0) is 14.7. The van der Waals surface area contributed by atoms with Crippen LogP contribution >= 0.6 is 11.3 Å². The summed E-state index contributed by atoms with van der Waals surface area (Å²) in [5, 5.41) is 3.16. The molecule has 1 aliphatic heterocycles. The Hall–Kier alpha value is -1.30. The average molecular weight is 302 g/mol. The molecule has 0 bridgehead atoms. The predicted octanol–water partition coefficient (Wildman–Crippen LogP) is 2.62. The van der Waals surface area contributed by atoms with Crippen molar-refractivity contribution >= 4 is 11.3 Å². The highest BCUT2D eigenvalue weighted by molar-refractivity contribution is 7.13. The van der Waals surface area contributed by atoms with Gasteiger partial charge in [-0.05, 0) is 43.5 Å². The molecule has 0 spiro atoms. The number of hydrogen-bond donors (Lipinski definition) is 1. The molecule has 2 aromatic rings. The van der Waals surface area contributed by atoms with Crippen molar-refractivity contribution in [3.05, 3.63) is 35.5 Å². The predicted molar refractivity (Wildman–Crippen MR) is 86.9 cm³/mol. The van der Waals surface area contributed by atoms with Crippen molar-refractivity contribution in [1.82, 2.24) is 14.9 Å². The van der Waals surface area contributed by atoms with Crippen LogP contribution in [0.4, 0.5) is 0 Å². The number of pyridine rings is 1. The van der Waals surface area contributed by atoms with Crippen molar-refractivity contribution in [1.29, 1.82) is 0 Å². The summed E-state index contributed by atoms with van der Waals surface area (Å²) in [7, 11) is 0. The number of likely N-dealkylation sites (tertiary alicyclic amines) is 1. The molecule has 2 aromatic heterocycles. The molecule has 1 aliphatic rings. The van der Waals surface area contributed by atoms with Crippen LogP contribution in [-0.2, 0) is 6.54 Å². The highest BCUT2D eigenvalue weighted by Gasteiger charge is 2.25. The summed E-state index contributed by atoms with van der Waals surface area (Å²) < 4.78 is 0. The maximum Gasteiger partial charge on any atom is 0.142 e. The Balaban J connectivity index is 1.65. The minimum atomic E-state index is 0.618. The lowest BCUT2D eigenvalue weighted by Gasteiger charge is -2.36. The van der Waals surface area contributed by atoms with Gasteiger partial charge in [0.25, 0.3) is 0 Å². The number of nitrogens with zero attached hydrogens (tertiary/aromatic N) is 3. The van der Waals surface area contributed by atoms with Crippen LogP contribution in [0, 0.1) is 11.8 Å². The van der Waals surface area contributed by atoms with Crippen LogP contribution in [0.1, 0.15) is 19.0 Å². The molecule has 21 heavy (non-hydrogen) atoms. The van der Waals surface area contributed by atoms with Crippen LogP contribution in [0.5, 0.6) is 0 Å². The second kappa shape index (κ2) is 6.64. The molecule has 5 heteroatoms. The molecule has 0 aliphatic carbocycles. The van der Waals surface area contributed by atoms with E-state index in [1.807, 2.05) is 24.4 Å². The second-order valence-corrected chi connectivity index (χ2v) is 6.71. The molecule has 1 fully saturated rings. The van der Waals surface area contributed by atoms with Crippen LogP contribution in [-0.4, -0.2) is 34.5 Å². The molecule has 3 rings (SSSR count). The largest absolute Gasteiger partial charge is 0.330 e. The summed E-state index contributed by atoms with van der Waals surface area (Å²) in [4.78, 5) is 11.6. The lowest BCUT2D eigenvalue weighted by Crippen LogP contribution is -2.42. The summed E-state index contributed by atoms with van der Waals surface area (Å²) in [6.45, 7) is 6.26. The van der Waals surface area contributed by atoms with E-state index in [0.717, 1.165) is 48.5 Å². The fourth-order valence-electron chi connectivity index (χ4n) is 2.89. The molecule has 2 N–H and O–H groups in total. The molecule has 3 heterocycles. The summed E-state index contributed by atoms with van der Waals surface area (Å²) in [5.74, 6) is 1.36. The summed E-state index contributed by atoms with van der Waals surface area (Å²) in [6, 6.07) is 5.94. The lowest BCUT2D eigenvalue weighted by atomic mass is 9.87. The van der Waals surface area contributed by atoms with Gasteiger partial charge in [-0.25, -0.2) is 4.98 Å². The third kappa shape index (κ3) is 3.48. The number of aromatic nitrogens is 2. The van der Waals surface area contributed by atoms with Gasteiger partial charge in [-0.2, -0.15) is 0 Å². The molecule has 0 saturated carbocycles. The molecule has 0 amide bonds. The smallest absolute Gasteiger partial charge is 0.142 e. The Morgan fingerprint density at radius 1 is 1.43 bits per heavy atom. The Morgan fingerprint density at radius 2 is 2.33 bits per heavy atom. The van der Waals surface area contributed by atoms with Crippen LogP contribution < -0.4 is 5.73 Å². The molecular weight excluding hydrogens is 280 g/mol. The zero-order valence-corrected chi connectivity index (χ0v) is 13.2. The standard InChI is InChI=1S/C16H22N4S/c1-12-5-7-20(9-13(12)8-17)10-14-11-21-16(19-14)15-4-2-3-6-18-15/h2-4,6,11-13H,5,7-10,17H2,1H3. The first-order valence-corrected chi connectivity index (χ1v) is 8.42. The Kier molecular flexibility index (Phi) is 4.63. The number of rotatable bonds is 4. The van der Waals surface area contributed by atoms with E-state index < -0.39 is 0 Å². The van der Waals surface area contributed by atoms with Crippen molar-refractivity contribution in [3.8, 4) is 10.7 Å². The van der Waals surface area contributed by atoms with Gasteiger partial charge in [-0.3, -0.25) is 9.88 Å². The first kappa shape index (κ1) is 14.6. The molecule has 2 unspecified atom stereocenters. The van der Waals surface area contributed by atoms with E-state index in [-0.39, 0.29) is 0 Å². The summed E-state index contributed by atoms with van der Waals surface area (Å²) in [5.41, 5.74) is 7.98. The first-order valence-electron chi connectivity index (χ1n) is 7.54. The second-order valence-electron chi connectivity index (χ2n) is 5.86. The maximum absolute atomic E-state index is 5.88. The van der Waals surface area contributed by atoms with Crippen LogP contribution in [0.15, 0.2) is 29.8 Å². The van der Waals surface area contributed by atoms with Crippen molar-refractivity contribution in [3.63, 3.8) is 0 Å².